The second kappa shape index (κ2) is 3.68. The topological polar surface area (TPSA) is 38.5 Å². The Bertz CT molecular complexity index is 451. The lowest BCUT2D eigenvalue weighted by Gasteiger charge is -2.38. The summed E-state index contributed by atoms with van der Waals surface area (Å²) in [6.07, 6.45) is 1.77. The highest BCUT2D eigenvalue weighted by molar-refractivity contribution is 5.39. The van der Waals surface area contributed by atoms with Crippen molar-refractivity contribution in [1.29, 1.82) is 0 Å². The van der Waals surface area contributed by atoms with Gasteiger partial charge in [0, 0.05) is 37.5 Å². The van der Waals surface area contributed by atoms with Crippen LogP contribution in [0.15, 0.2) is 18.2 Å². The van der Waals surface area contributed by atoms with Crippen molar-refractivity contribution in [2.75, 3.05) is 20.1 Å². The highest BCUT2D eigenvalue weighted by atomic mass is 19.1. The highest BCUT2D eigenvalue weighted by Gasteiger charge is 2.44. The summed E-state index contributed by atoms with van der Waals surface area (Å²) in [6, 6.07) is 4.50. The van der Waals surface area contributed by atoms with Gasteiger partial charge < -0.3 is 15.4 Å². The lowest BCUT2D eigenvalue weighted by Crippen LogP contribution is -2.44. The largest absolute Gasteiger partial charge is 0.485 e. The summed E-state index contributed by atoms with van der Waals surface area (Å²) in [7, 11) is 2.09. The third-order valence-corrected chi connectivity index (χ3v) is 3.80. The molecule has 2 aliphatic rings. The van der Waals surface area contributed by atoms with Crippen molar-refractivity contribution in [1.82, 2.24) is 4.90 Å². The first-order valence-corrected chi connectivity index (χ1v) is 6.01. The first kappa shape index (κ1) is 11.0. The van der Waals surface area contributed by atoms with Crippen LogP contribution in [-0.4, -0.2) is 30.6 Å². The van der Waals surface area contributed by atoms with Gasteiger partial charge in [-0.1, -0.05) is 0 Å². The van der Waals surface area contributed by atoms with Crippen molar-refractivity contribution < 1.29 is 9.13 Å². The van der Waals surface area contributed by atoms with E-state index in [0.717, 1.165) is 37.2 Å². The molecule has 1 aromatic rings. The van der Waals surface area contributed by atoms with E-state index in [1.165, 1.54) is 12.1 Å². The molecular weight excluding hydrogens is 219 g/mol. The second-order valence-corrected chi connectivity index (χ2v) is 5.27. The monoisotopic (exact) mass is 236 g/mol. The van der Waals surface area contributed by atoms with Gasteiger partial charge in [-0.15, -0.1) is 0 Å². The zero-order valence-corrected chi connectivity index (χ0v) is 9.95. The standard InChI is InChI=1S/C13H17FN2O/c1-16-5-4-13(8-16)7-11(15)10-6-9(14)2-3-12(10)17-13/h2-3,6,11H,4-5,7-8,15H2,1H3. The predicted molar refractivity (Wildman–Crippen MR) is 63.4 cm³/mol. The molecule has 3 rings (SSSR count). The average Bonchev–Trinajstić information content (AvgIpc) is 2.61. The number of hydrogen-bond donors (Lipinski definition) is 1. The van der Waals surface area contributed by atoms with E-state index in [1.54, 1.807) is 6.07 Å². The highest BCUT2D eigenvalue weighted by Crippen LogP contribution is 2.42. The number of fused-ring (bicyclic) bond motifs is 1. The van der Waals surface area contributed by atoms with Crippen LogP contribution in [0.4, 0.5) is 4.39 Å². The molecule has 2 aliphatic heterocycles. The van der Waals surface area contributed by atoms with Crippen LogP contribution in [0.25, 0.3) is 0 Å². The number of likely N-dealkylation sites (N-methyl/N-ethyl adjacent to an activating group) is 1. The Morgan fingerprint density at radius 3 is 3.06 bits per heavy atom. The minimum absolute atomic E-state index is 0.124. The Morgan fingerprint density at radius 1 is 1.53 bits per heavy atom. The van der Waals surface area contributed by atoms with Crippen LogP contribution in [0.5, 0.6) is 5.75 Å². The van der Waals surface area contributed by atoms with Crippen molar-refractivity contribution in [3.8, 4) is 5.75 Å². The van der Waals surface area contributed by atoms with Gasteiger partial charge in [0.25, 0.3) is 0 Å². The Kier molecular flexibility index (Phi) is 2.38. The molecule has 17 heavy (non-hydrogen) atoms. The minimum atomic E-state index is -0.248. The first-order valence-electron chi connectivity index (χ1n) is 6.01. The summed E-state index contributed by atoms with van der Waals surface area (Å²) in [5, 5.41) is 0. The molecule has 1 fully saturated rings. The van der Waals surface area contributed by atoms with Gasteiger partial charge >= 0.3 is 0 Å². The van der Waals surface area contributed by atoms with Crippen LogP contribution >= 0.6 is 0 Å². The smallest absolute Gasteiger partial charge is 0.125 e. The molecule has 0 saturated carbocycles. The van der Waals surface area contributed by atoms with E-state index < -0.39 is 0 Å². The number of rotatable bonds is 0. The molecular formula is C13H17FN2O. The summed E-state index contributed by atoms with van der Waals surface area (Å²) >= 11 is 0. The number of halogens is 1. The molecule has 0 bridgehead atoms. The van der Waals surface area contributed by atoms with Crippen molar-refractivity contribution in [2.45, 2.75) is 24.5 Å². The Morgan fingerprint density at radius 2 is 2.35 bits per heavy atom. The lowest BCUT2D eigenvalue weighted by molar-refractivity contribution is 0.0464. The van der Waals surface area contributed by atoms with E-state index in [4.69, 9.17) is 10.5 Å². The van der Waals surface area contributed by atoms with Crippen LogP contribution < -0.4 is 10.5 Å². The number of likely N-dealkylation sites (tertiary alicyclic amines) is 1. The van der Waals surface area contributed by atoms with E-state index in [9.17, 15) is 4.39 Å². The van der Waals surface area contributed by atoms with Gasteiger partial charge in [0.15, 0.2) is 0 Å². The summed E-state index contributed by atoms with van der Waals surface area (Å²) in [5.74, 6) is 0.503. The molecule has 4 heteroatoms. The van der Waals surface area contributed by atoms with Crippen molar-refractivity contribution in [2.24, 2.45) is 5.73 Å². The van der Waals surface area contributed by atoms with Gasteiger partial charge in [-0.2, -0.15) is 0 Å². The van der Waals surface area contributed by atoms with Crippen LogP contribution in [-0.2, 0) is 0 Å². The summed E-state index contributed by atoms with van der Waals surface area (Å²) in [4.78, 5) is 2.25. The zero-order chi connectivity index (χ0) is 12.0. The van der Waals surface area contributed by atoms with Crippen LogP contribution in [0.3, 0.4) is 0 Å². The molecule has 2 atom stereocenters. The number of nitrogens with zero attached hydrogens (tertiary/aromatic N) is 1. The maximum Gasteiger partial charge on any atom is 0.125 e. The second-order valence-electron chi connectivity index (χ2n) is 5.27. The van der Waals surface area contributed by atoms with E-state index in [1.807, 2.05) is 0 Å². The minimum Gasteiger partial charge on any atom is -0.485 e. The Balaban J connectivity index is 1.96. The molecule has 1 aromatic carbocycles. The maximum atomic E-state index is 13.2. The number of nitrogens with two attached hydrogens (primary N) is 1. The Labute approximate surface area is 100 Å². The molecule has 2 unspecified atom stereocenters. The van der Waals surface area contributed by atoms with Crippen molar-refractivity contribution in [3.05, 3.63) is 29.6 Å². The SMILES string of the molecule is CN1CCC2(CC(N)c3cc(F)ccc3O2)C1. The van der Waals surface area contributed by atoms with Gasteiger partial charge in [0.05, 0.1) is 0 Å². The lowest BCUT2D eigenvalue weighted by atomic mass is 9.87. The van der Waals surface area contributed by atoms with Gasteiger partial charge in [0.2, 0.25) is 0 Å². The zero-order valence-electron chi connectivity index (χ0n) is 9.95. The fourth-order valence-electron chi connectivity index (χ4n) is 2.98. The third kappa shape index (κ3) is 1.81. The molecule has 0 aromatic heterocycles. The van der Waals surface area contributed by atoms with Gasteiger partial charge in [-0.05, 0) is 25.2 Å². The first-order chi connectivity index (χ1) is 8.08. The van der Waals surface area contributed by atoms with Gasteiger partial charge in [-0.3, -0.25) is 0 Å². The molecule has 3 nitrogen and oxygen atoms in total. The molecule has 0 aliphatic carbocycles. The molecule has 92 valence electrons. The summed E-state index contributed by atoms with van der Waals surface area (Å²) < 4.78 is 19.3. The maximum absolute atomic E-state index is 13.2. The summed E-state index contributed by atoms with van der Waals surface area (Å²) in [5.41, 5.74) is 6.78. The van der Waals surface area contributed by atoms with Gasteiger partial charge in [-0.25, -0.2) is 4.39 Å². The number of benzene rings is 1. The van der Waals surface area contributed by atoms with Crippen molar-refractivity contribution in [3.63, 3.8) is 0 Å². The van der Waals surface area contributed by atoms with E-state index in [-0.39, 0.29) is 17.5 Å². The van der Waals surface area contributed by atoms with E-state index >= 15 is 0 Å². The quantitative estimate of drug-likeness (QED) is 0.745. The molecule has 2 N–H and O–H groups in total. The molecule has 1 saturated heterocycles. The number of ether oxygens (including phenoxy) is 1. The third-order valence-electron chi connectivity index (χ3n) is 3.80. The average molecular weight is 236 g/mol. The fraction of sp³-hybridized carbons (Fsp3) is 0.538. The van der Waals surface area contributed by atoms with Crippen LogP contribution in [0.1, 0.15) is 24.4 Å². The van der Waals surface area contributed by atoms with E-state index in [2.05, 4.69) is 11.9 Å². The fourth-order valence-corrected chi connectivity index (χ4v) is 2.98. The number of hydrogen-bond acceptors (Lipinski definition) is 3. The van der Waals surface area contributed by atoms with Crippen LogP contribution in [0.2, 0.25) is 0 Å². The Hall–Kier alpha value is -1.13. The molecule has 0 amide bonds. The van der Waals surface area contributed by atoms with Crippen LogP contribution in [0, 0.1) is 5.82 Å². The normalized spacial score (nSPS) is 32.5. The predicted octanol–water partition coefficient (Wildman–Crippen LogP) is 1.68. The molecule has 1 spiro atoms. The molecule has 2 heterocycles. The van der Waals surface area contributed by atoms with Crippen molar-refractivity contribution >= 4 is 0 Å². The summed E-state index contributed by atoms with van der Waals surface area (Å²) in [6.45, 7) is 1.93. The van der Waals surface area contributed by atoms with E-state index in [0.29, 0.717) is 0 Å². The molecule has 0 radical (unpaired) electrons. The van der Waals surface area contributed by atoms with Gasteiger partial charge in [0.1, 0.15) is 17.2 Å².